The summed E-state index contributed by atoms with van der Waals surface area (Å²) in [7, 11) is 2.60. The highest BCUT2D eigenvalue weighted by molar-refractivity contribution is 5.49. The van der Waals surface area contributed by atoms with Crippen molar-refractivity contribution in [2.24, 2.45) is 0 Å². The van der Waals surface area contributed by atoms with Crippen molar-refractivity contribution in [3.8, 4) is 11.5 Å². The third-order valence-corrected chi connectivity index (χ3v) is 2.98. The Hall–Kier alpha value is -1.36. The first-order chi connectivity index (χ1) is 8.00. The normalized spacial score (nSPS) is 16.8. The van der Waals surface area contributed by atoms with E-state index in [1.54, 1.807) is 0 Å². The van der Waals surface area contributed by atoms with Gasteiger partial charge < -0.3 is 14.6 Å². The number of rotatable bonds is 4. The lowest BCUT2D eigenvalue weighted by atomic mass is 10.0. The number of methoxy groups -OCH3 is 2. The number of aliphatic hydroxyl groups is 1. The Kier molecular flexibility index (Phi) is 2.95. The average molecular weight is 244 g/mol. The predicted molar refractivity (Wildman–Crippen MR) is 57.3 cm³/mol. The SMILES string of the molecule is COc1c(F)cc(F)c(CC2(O)CC2)c1OC. The van der Waals surface area contributed by atoms with E-state index in [9.17, 15) is 13.9 Å². The van der Waals surface area contributed by atoms with Gasteiger partial charge in [-0.15, -0.1) is 0 Å². The minimum Gasteiger partial charge on any atom is -0.492 e. The summed E-state index contributed by atoms with van der Waals surface area (Å²) in [5.41, 5.74) is -0.720. The smallest absolute Gasteiger partial charge is 0.197 e. The highest BCUT2D eigenvalue weighted by Crippen LogP contribution is 2.43. The summed E-state index contributed by atoms with van der Waals surface area (Å²) >= 11 is 0. The zero-order valence-corrected chi connectivity index (χ0v) is 9.72. The van der Waals surface area contributed by atoms with E-state index in [4.69, 9.17) is 9.47 Å². The van der Waals surface area contributed by atoms with E-state index in [0.717, 1.165) is 6.07 Å². The molecule has 1 aromatic rings. The molecular formula is C12H14F2O3. The highest BCUT2D eigenvalue weighted by atomic mass is 19.1. The van der Waals surface area contributed by atoms with Gasteiger partial charge in [0.1, 0.15) is 5.82 Å². The molecule has 2 rings (SSSR count). The van der Waals surface area contributed by atoms with Crippen molar-refractivity contribution in [3.05, 3.63) is 23.3 Å². The maximum atomic E-state index is 13.7. The molecule has 1 aliphatic rings. The molecule has 0 saturated heterocycles. The van der Waals surface area contributed by atoms with Crippen LogP contribution in [0.2, 0.25) is 0 Å². The molecule has 1 saturated carbocycles. The van der Waals surface area contributed by atoms with Gasteiger partial charge >= 0.3 is 0 Å². The second-order valence-electron chi connectivity index (χ2n) is 4.29. The Balaban J connectivity index is 2.48. The minimum atomic E-state index is -0.878. The molecule has 0 amide bonds. The first-order valence-corrected chi connectivity index (χ1v) is 5.32. The minimum absolute atomic E-state index is 0.0188. The lowest BCUT2D eigenvalue weighted by molar-refractivity contribution is 0.148. The van der Waals surface area contributed by atoms with Crippen molar-refractivity contribution in [1.82, 2.24) is 0 Å². The van der Waals surface area contributed by atoms with E-state index < -0.39 is 17.2 Å². The first-order valence-electron chi connectivity index (χ1n) is 5.32. The molecule has 0 radical (unpaired) electrons. The molecule has 94 valence electrons. The molecule has 0 bridgehead atoms. The topological polar surface area (TPSA) is 38.7 Å². The van der Waals surface area contributed by atoms with Crippen LogP contribution in [-0.2, 0) is 6.42 Å². The summed E-state index contributed by atoms with van der Waals surface area (Å²) < 4.78 is 36.9. The van der Waals surface area contributed by atoms with Gasteiger partial charge in [0.15, 0.2) is 17.3 Å². The van der Waals surface area contributed by atoms with Crippen LogP contribution in [0.4, 0.5) is 8.78 Å². The molecule has 3 nitrogen and oxygen atoms in total. The van der Waals surface area contributed by atoms with Crippen LogP contribution in [0.5, 0.6) is 11.5 Å². The number of benzene rings is 1. The third kappa shape index (κ3) is 2.20. The van der Waals surface area contributed by atoms with Crippen LogP contribution >= 0.6 is 0 Å². The van der Waals surface area contributed by atoms with Gasteiger partial charge in [0.05, 0.1) is 19.8 Å². The van der Waals surface area contributed by atoms with E-state index in [1.807, 2.05) is 0 Å². The lowest BCUT2D eigenvalue weighted by Crippen LogP contribution is -2.14. The molecule has 1 aromatic carbocycles. The summed E-state index contributed by atoms with van der Waals surface area (Å²) in [6.07, 6.45) is 1.35. The van der Waals surface area contributed by atoms with Gasteiger partial charge in [-0.25, -0.2) is 8.78 Å². The summed E-state index contributed by atoms with van der Waals surface area (Å²) in [5.74, 6) is -1.65. The zero-order chi connectivity index (χ0) is 12.6. The third-order valence-electron chi connectivity index (χ3n) is 2.98. The van der Waals surface area contributed by atoms with E-state index in [0.29, 0.717) is 12.8 Å². The van der Waals surface area contributed by atoms with Crippen LogP contribution in [0.15, 0.2) is 6.07 Å². The Morgan fingerprint density at radius 1 is 1.18 bits per heavy atom. The molecule has 1 aliphatic carbocycles. The highest BCUT2D eigenvalue weighted by Gasteiger charge is 2.42. The van der Waals surface area contributed by atoms with E-state index >= 15 is 0 Å². The quantitative estimate of drug-likeness (QED) is 0.881. The monoisotopic (exact) mass is 244 g/mol. The zero-order valence-electron chi connectivity index (χ0n) is 9.72. The fourth-order valence-corrected chi connectivity index (χ4v) is 1.84. The maximum Gasteiger partial charge on any atom is 0.197 e. The molecule has 0 unspecified atom stereocenters. The lowest BCUT2D eigenvalue weighted by Gasteiger charge is -2.16. The van der Waals surface area contributed by atoms with E-state index in [2.05, 4.69) is 0 Å². The van der Waals surface area contributed by atoms with Crippen molar-refractivity contribution in [3.63, 3.8) is 0 Å². The fourth-order valence-electron chi connectivity index (χ4n) is 1.84. The molecular weight excluding hydrogens is 230 g/mol. The van der Waals surface area contributed by atoms with Gasteiger partial charge in [-0.1, -0.05) is 0 Å². The van der Waals surface area contributed by atoms with Gasteiger partial charge in [0.25, 0.3) is 0 Å². The maximum absolute atomic E-state index is 13.7. The van der Waals surface area contributed by atoms with Crippen molar-refractivity contribution < 1.29 is 23.4 Å². The molecule has 0 aliphatic heterocycles. The average Bonchev–Trinajstić information content (AvgIpc) is 3.00. The van der Waals surface area contributed by atoms with Crippen LogP contribution in [-0.4, -0.2) is 24.9 Å². The van der Waals surface area contributed by atoms with Crippen molar-refractivity contribution >= 4 is 0 Å². The largest absolute Gasteiger partial charge is 0.492 e. The van der Waals surface area contributed by atoms with Crippen LogP contribution in [0, 0.1) is 11.6 Å². The van der Waals surface area contributed by atoms with Gasteiger partial charge in [0.2, 0.25) is 0 Å². The Labute approximate surface area is 98.0 Å². The molecule has 1 N–H and O–H groups in total. The van der Waals surface area contributed by atoms with Crippen molar-refractivity contribution in [2.75, 3.05) is 14.2 Å². The van der Waals surface area contributed by atoms with Crippen molar-refractivity contribution in [2.45, 2.75) is 24.9 Å². The summed E-state index contributed by atoms with van der Waals surface area (Å²) in [4.78, 5) is 0. The molecule has 0 aromatic heterocycles. The molecule has 0 spiro atoms. The molecule has 5 heteroatoms. The summed E-state index contributed by atoms with van der Waals surface area (Å²) in [6.45, 7) is 0. The number of halogens is 2. The Bertz CT molecular complexity index is 442. The van der Waals surface area contributed by atoms with Gasteiger partial charge in [0, 0.05) is 18.1 Å². The van der Waals surface area contributed by atoms with Gasteiger partial charge in [-0.3, -0.25) is 0 Å². The predicted octanol–water partition coefficient (Wildman–Crippen LogP) is 2.05. The Morgan fingerprint density at radius 3 is 2.24 bits per heavy atom. The number of ether oxygens (including phenoxy) is 2. The van der Waals surface area contributed by atoms with E-state index in [-0.39, 0.29) is 23.5 Å². The van der Waals surface area contributed by atoms with Crippen LogP contribution in [0.25, 0.3) is 0 Å². The van der Waals surface area contributed by atoms with Crippen LogP contribution in [0.3, 0.4) is 0 Å². The summed E-state index contributed by atoms with van der Waals surface area (Å²) in [6, 6.07) is 0.752. The molecule has 0 heterocycles. The molecule has 0 atom stereocenters. The fraction of sp³-hybridized carbons (Fsp3) is 0.500. The number of hydrogen-bond acceptors (Lipinski definition) is 3. The van der Waals surface area contributed by atoms with Crippen LogP contribution < -0.4 is 9.47 Å². The first kappa shape index (κ1) is 12.1. The summed E-state index contributed by atoms with van der Waals surface area (Å²) in [5, 5.41) is 9.80. The second-order valence-corrected chi connectivity index (χ2v) is 4.29. The molecule has 17 heavy (non-hydrogen) atoms. The van der Waals surface area contributed by atoms with Gasteiger partial charge in [-0.05, 0) is 12.8 Å². The van der Waals surface area contributed by atoms with Gasteiger partial charge in [-0.2, -0.15) is 0 Å². The van der Waals surface area contributed by atoms with Crippen molar-refractivity contribution in [1.29, 1.82) is 0 Å². The van der Waals surface area contributed by atoms with Crippen LogP contribution in [0.1, 0.15) is 18.4 Å². The van der Waals surface area contributed by atoms with E-state index in [1.165, 1.54) is 14.2 Å². The Morgan fingerprint density at radius 2 is 1.76 bits per heavy atom. The standard InChI is InChI=1S/C12H14F2O3/c1-16-10-7(6-12(15)3-4-12)8(13)5-9(14)11(10)17-2/h5,15H,3-4,6H2,1-2H3. The molecule has 1 fully saturated rings. The number of hydrogen-bond donors (Lipinski definition) is 1. The second kappa shape index (κ2) is 4.14.